The first kappa shape index (κ1) is 20.6. The highest BCUT2D eigenvalue weighted by atomic mass is 79.9. The topological polar surface area (TPSA) is 36.4 Å². The lowest BCUT2D eigenvalue weighted by Crippen LogP contribution is -2.48. The molecule has 6 heteroatoms. The Morgan fingerprint density at radius 1 is 0.875 bits per heavy atom. The number of carbonyl (C=O) groups excluding carboxylic acids is 1. The number of carbonyl (C=O) groups is 1. The van der Waals surface area contributed by atoms with E-state index >= 15 is 0 Å². The summed E-state index contributed by atoms with van der Waals surface area (Å²) >= 11 is 3.52. The van der Waals surface area contributed by atoms with Crippen molar-refractivity contribution in [2.45, 2.75) is 0 Å². The highest BCUT2D eigenvalue weighted by Gasteiger charge is 2.24. The van der Waals surface area contributed by atoms with Crippen molar-refractivity contribution < 1.29 is 9.18 Å². The van der Waals surface area contributed by atoms with E-state index in [0.717, 1.165) is 32.3 Å². The van der Waals surface area contributed by atoms with Crippen LogP contribution in [0.15, 0.2) is 83.3 Å². The number of anilines is 1. The molecule has 2 heterocycles. The van der Waals surface area contributed by atoms with E-state index in [9.17, 15) is 9.18 Å². The third-order valence-electron chi connectivity index (χ3n) is 5.83. The van der Waals surface area contributed by atoms with Crippen molar-refractivity contribution >= 4 is 38.4 Å². The van der Waals surface area contributed by atoms with E-state index in [0.29, 0.717) is 31.7 Å². The molecular weight excluding hydrogens is 469 g/mol. The van der Waals surface area contributed by atoms with Gasteiger partial charge in [-0.2, -0.15) is 0 Å². The Hall–Kier alpha value is -3.25. The first-order chi connectivity index (χ1) is 15.6. The molecular formula is C26H21BrFN3O. The van der Waals surface area contributed by atoms with E-state index in [4.69, 9.17) is 4.98 Å². The van der Waals surface area contributed by atoms with Crippen molar-refractivity contribution in [3.63, 3.8) is 0 Å². The summed E-state index contributed by atoms with van der Waals surface area (Å²) < 4.78 is 14.2. The normalized spacial score (nSPS) is 14.1. The Labute approximate surface area is 194 Å². The molecule has 1 fully saturated rings. The molecule has 3 aromatic carbocycles. The molecule has 1 amide bonds. The first-order valence-corrected chi connectivity index (χ1v) is 11.3. The van der Waals surface area contributed by atoms with Crippen LogP contribution < -0.4 is 4.90 Å². The maximum absolute atomic E-state index is 13.6. The maximum atomic E-state index is 13.6. The van der Waals surface area contributed by atoms with E-state index in [1.165, 1.54) is 12.1 Å². The van der Waals surface area contributed by atoms with Gasteiger partial charge in [0.25, 0.3) is 5.91 Å². The van der Waals surface area contributed by atoms with Gasteiger partial charge in [-0.3, -0.25) is 4.79 Å². The van der Waals surface area contributed by atoms with Crippen LogP contribution in [0.2, 0.25) is 0 Å². The Morgan fingerprint density at radius 3 is 2.38 bits per heavy atom. The number of piperazine rings is 1. The van der Waals surface area contributed by atoms with Crippen LogP contribution >= 0.6 is 15.9 Å². The SMILES string of the molecule is O=C(c1cc(-c2cccc(Br)c2)nc2ccccc12)N1CCN(c2ccc(F)cc2)CC1. The van der Waals surface area contributed by atoms with Crippen LogP contribution in [0, 0.1) is 5.82 Å². The Balaban J connectivity index is 1.44. The van der Waals surface area contributed by atoms with Gasteiger partial charge in [-0.15, -0.1) is 0 Å². The zero-order valence-corrected chi connectivity index (χ0v) is 18.9. The summed E-state index contributed by atoms with van der Waals surface area (Å²) in [6.07, 6.45) is 0. The van der Waals surface area contributed by atoms with Gasteiger partial charge in [0, 0.05) is 47.3 Å². The highest BCUT2D eigenvalue weighted by molar-refractivity contribution is 9.10. The lowest BCUT2D eigenvalue weighted by Gasteiger charge is -2.36. The highest BCUT2D eigenvalue weighted by Crippen LogP contribution is 2.28. The Morgan fingerprint density at radius 2 is 1.62 bits per heavy atom. The number of halogens is 2. The number of hydrogen-bond acceptors (Lipinski definition) is 3. The first-order valence-electron chi connectivity index (χ1n) is 10.5. The predicted molar refractivity (Wildman–Crippen MR) is 129 cm³/mol. The second kappa shape index (κ2) is 8.71. The summed E-state index contributed by atoms with van der Waals surface area (Å²) in [5.41, 5.74) is 4.18. The molecule has 0 saturated carbocycles. The van der Waals surface area contributed by atoms with E-state index in [1.54, 1.807) is 12.1 Å². The largest absolute Gasteiger partial charge is 0.368 e. The molecule has 1 saturated heterocycles. The Bertz CT molecular complexity index is 1280. The van der Waals surface area contributed by atoms with Crippen LogP contribution in [-0.4, -0.2) is 42.0 Å². The molecule has 32 heavy (non-hydrogen) atoms. The fraction of sp³-hybridized carbons (Fsp3) is 0.154. The molecule has 0 aliphatic carbocycles. The monoisotopic (exact) mass is 489 g/mol. The van der Waals surface area contributed by atoms with E-state index in [1.807, 2.05) is 59.5 Å². The van der Waals surface area contributed by atoms with Crippen LogP contribution in [0.1, 0.15) is 10.4 Å². The predicted octanol–water partition coefficient (Wildman–Crippen LogP) is 5.77. The molecule has 160 valence electrons. The van der Waals surface area contributed by atoms with E-state index in [2.05, 4.69) is 20.8 Å². The fourth-order valence-corrected chi connectivity index (χ4v) is 4.54. The van der Waals surface area contributed by atoms with Gasteiger partial charge < -0.3 is 9.80 Å². The third-order valence-corrected chi connectivity index (χ3v) is 6.32. The average Bonchev–Trinajstić information content (AvgIpc) is 2.83. The van der Waals surface area contributed by atoms with Crippen LogP contribution in [0.25, 0.3) is 22.2 Å². The van der Waals surface area contributed by atoms with Crippen molar-refractivity contribution in [2.24, 2.45) is 0 Å². The maximum Gasteiger partial charge on any atom is 0.254 e. The van der Waals surface area contributed by atoms with E-state index < -0.39 is 0 Å². The van der Waals surface area contributed by atoms with Crippen LogP contribution in [0.5, 0.6) is 0 Å². The molecule has 0 spiro atoms. The summed E-state index contributed by atoms with van der Waals surface area (Å²) in [6, 6.07) is 24.1. The minimum Gasteiger partial charge on any atom is -0.368 e. The molecule has 4 aromatic rings. The van der Waals surface area contributed by atoms with Crippen molar-refractivity contribution in [3.05, 3.63) is 94.7 Å². The average molecular weight is 490 g/mol. The van der Waals surface area contributed by atoms with Crippen LogP contribution in [0.4, 0.5) is 10.1 Å². The zero-order valence-electron chi connectivity index (χ0n) is 17.3. The van der Waals surface area contributed by atoms with Gasteiger partial charge in [-0.1, -0.05) is 46.3 Å². The molecule has 0 radical (unpaired) electrons. The number of pyridine rings is 1. The lowest BCUT2D eigenvalue weighted by molar-refractivity contribution is 0.0748. The van der Waals surface area contributed by atoms with Gasteiger partial charge in [0.15, 0.2) is 0 Å². The molecule has 1 aliphatic heterocycles. The van der Waals surface area contributed by atoms with Gasteiger partial charge in [-0.05, 0) is 48.5 Å². The standard InChI is InChI=1S/C26H21BrFN3O/c27-19-5-3-4-18(16-19)25-17-23(22-6-1-2-7-24(22)29-25)26(32)31-14-12-30(13-15-31)21-10-8-20(28)9-11-21/h1-11,16-17H,12-15H2. The Kier molecular flexibility index (Phi) is 5.62. The number of amides is 1. The van der Waals surface area contributed by atoms with Gasteiger partial charge in [0.2, 0.25) is 0 Å². The summed E-state index contributed by atoms with van der Waals surface area (Å²) in [6.45, 7) is 2.63. The lowest BCUT2D eigenvalue weighted by atomic mass is 10.0. The molecule has 1 aromatic heterocycles. The number of hydrogen-bond donors (Lipinski definition) is 0. The van der Waals surface area contributed by atoms with Gasteiger partial charge in [-0.25, -0.2) is 9.37 Å². The van der Waals surface area contributed by atoms with Crippen molar-refractivity contribution in [3.8, 4) is 11.3 Å². The molecule has 0 N–H and O–H groups in total. The van der Waals surface area contributed by atoms with Crippen molar-refractivity contribution in [2.75, 3.05) is 31.1 Å². The summed E-state index contributed by atoms with van der Waals surface area (Å²) in [5.74, 6) is -0.230. The smallest absolute Gasteiger partial charge is 0.254 e. The molecule has 4 nitrogen and oxygen atoms in total. The summed E-state index contributed by atoms with van der Waals surface area (Å²) in [5, 5.41) is 0.859. The number of para-hydroxylation sites is 1. The molecule has 5 rings (SSSR count). The van der Waals surface area contributed by atoms with Gasteiger partial charge >= 0.3 is 0 Å². The molecule has 0 bridgehead atoms. The van der Waals surface area contributed by atoms with Crippen molar-refractivity contribution in [1.82, 2.24) is 9.88 Å². The number of benzene rings is 3. The number of fused-ring (bicyclic) bond motifs is 1. The molecule has 0 unspecified atom stereocenters. The van der Waals surface area contributed by atoms with Gasteiger partial charge in [0.1, 0.15) is 5.82 Å². The third kappa shape index (κ3) is 4.10. The van der Waals surface area contributed by atoms with Crippen LogP contribution in [0.3, 0.4) is 0 Å². The molecule has 1 aliphatic rings. The fourth-order valence-electron chi connectivity index (χ4n) is 4.14. The second-order valence-electron chi connectivity index (χ2n) is 7.84. The molecule has 0 atom stereocenters. The number of aromatic nitrogens is 1. The minimum absolute atomic E-state index is 0.0126. The quantitative estimate of drug-likeness (QED) is 0.366. The number of rotatable bonds is 3. The van der Waals surface area contributed by atoms with E-state index in [-0.39, 0.29) is 11.7 Å². The summed E-state index contributed by atoms with van der Waals surface area (Å²) in [4.78, 5) is 22.5. The summed E-state index contributed by atoms with van der Waals surface area (Å²) in [7, 11) is 0. The number of nitrogens with zero attached hydrogens (tertiary/aromatic N) is 3. The minimum atomic E-state index is -0.242. The zero-order chi connectivity index (χ0) is 22.1. The van der Waals surface area contributed by atoms with Crippen LogP contribution in [-0.2, 0) is 0 Å². The van der Waals surface area contributed by atoms with Crippen molar-refractivity contribution in [1.29, 1.82) is 0 Å². The van der Waals surface area contributed by atoms with Gasteiger partial charge in [0.05, 0.1) is 16.8 Å². The second-order valence-corrected chi connectivity index (χ2v) is 8.75.